The standard InChI is InChI=1S/C23H25FN2O3S2.C16H18BrFN2O2S/c1-23(2,3)14-26(22(27)28)13-19-25-20(17-10-5-6-11-18(17)24)21(31-19)30-16-9-7-8-15(12-16)29-4;1-16(2,3)9-20(15(21)22)8-12-19-13(14(17)23-12)10-6-4-5-7-11(10)18/h5-12H,13-14H2,1-4H3,(H,27,28);4-7H,8-9H2,1-3H3,(H,21,22). The SMILES string of the molecule is CC(C)(C)CN(Cc1nc(-c2ccccc2F)c(Br)s1)C(=O)O.COc1cccc(Sc2sc(CN(CC(C)(C)C)C(=O)O)nc2-c2ccccc2F)c1. The van der Waals surface area contributed by atoms with E-state index >= 15 is 0 Å². The number of rotatable bonds is 11. The molecule has 288 valence electrons. The van der Waals surface area contributed by atoms with Crippen LogP contribution in [0, 0.1) is 22.5 Å². The molecule has 2 N–H and O–H groups in total. The van der Waals surface area contributed by atoms with Crippen LogP contribution < -0.4 is 4.74 Å². The molecule has 0 aliphatic carbocycles. The van der Waals surface area contributed by atoms with Gasteiger partial charge in [-0.05, 0) is 69.2 Å². The van der Waals surface area contributed by atoms with Crippen LogP contribution in [0.3, 0.4) is 0 Å². The summed E-state index contributed by atoms with van der Waals surface area (Å²) in [5.74, 6) is 0.0101. The fraction of sp³-hybridized carbons (Fsp3) is 0.333. The molecule has 54 heavy (non-hydrogen) atoms. The summed E-state index contributed by atoms with van der Waals surface area (Å²) in [5, 5.41) is 20.3. The Balaban J connectivity index is 0.000000252. The first-order chi connectivity index (χ1) is 25.3. The minimum absolute atomic E-state index is 0.150. The van der Waals surface area contributed by atoms with E-state index in [1.807, 2.05) is 65.8 Å². The van der Waals surface area contributed by atoms with Gasteiger partial charge in [-0.15, -0.1) is 22.7 Å². The third-order valence-corrected chi connectivity index (χ3v) is 11.2. The Bertz CT molecular complexity index is 2060. The zero-order chi connectivity index (χ0) is 39.8. The molecule has 0 atom stereocenters. The van der Waals surface area contributed by atoms with Crippen LogP contribution in [0.2, 0.25) is 0 Å². The summed E-state index contributed by atoms with van der Waals surface area (Å²) in [6.07, 6.45) is -1.99. The van der Waals surface area contributed by atoms with Crippen molar-refractivity contribution in [2.75, 3.05) is 20.2 Å². The lowest BCUT2D eigenvalue weighted by Gasteiger charge is -2.27. The van der Waals surface area contributed by atoms with Crippen molar-refractivity contribution in [3.63, 3.8) is 0 Å². The van der Waals surface area contributed by atoms with Gasteiger partial charge in [-0.25, -0.2) is 28.3 Å². The summed E-state index contributed by atoms with van der Waals surface area (Å²) in [5.41, 5.74) is 1.48. The molecule has 2 heterocycles. The van der Waals surface area contributed by atoms with Crippen molar-refractivity contribution in [3.05, 3.63) is 98.2 Å². The molecule has 0 aliphatic heterocycles. The minimum Gasteiger partial charge on any atom is -0.497 e. The first-order valence-electron chi connectivity index (χ1n) is 16.8. The van der Waals surface area contributed by atoms with Crippen molar-refractivity contribution >= 4 is 62.6 Å². The first-order valence-corrected chi connectivity index (χ1v) is 20.0. The van der Waals surface area contributed by atoms with E-state index in [2.05, 4.69) is 25.9 Å². The number of aromatic nitrogens is 2. The van der Waals surface area contributed by atoms with Gasteiger partial charge in [0.05, 0.1) is 39.6 Å². The second kappa shape index (κ2) is 18.5. The number of hydrogen-bond donors (Lipinski definition) is 2. The summed E-state index contributed by atoms with van der Waals surface area (Å²) < 4.78 is 35.3. The quantitative estimate of drug-likeness (QED) is 0.135. The third-order valence-electron chi connectivity index (χ3n) is 7.30. The smallest absolute Gasteiger partial charge is 0.407 e. The number of halogens is 3. The highest BCUT2D eigenvalue weighted by Crippen LogP contribution is 2.42. The highest BCUT2D eigenvalue weighted by molar-refractivity contribution is 9.11. The first kappa shape index (κ1) is 42.7. The molecular formula is C39H43BrF2N4O5S3. The minimum atomic E-state index is -1.00. The normalized spacial score (nSPS) is 11.4. The van der Waals surface area contributed by atoms with Crippen LogP contribution in [0.1, 0.15) is 51.6 Å². The molecule has 0 saturated carbocycles. The molecule has 5 rings (SSSR count). The summed E-state index contributed by atoms with van der Waals surface area (Å²) in [6, 6.07) is 20.5. The van der Waals surface area contributed by atoms with Crippen molar-refractivity contribution in [2.45, 2.75) is 63.7 Å². The van der Waals surface area contributed by atoms with E-state index in [-0.39, 0.29) is 35.6 Å². The summed E-state index contributed by atoms with van der Waals surface area (Å²) in [4.78, 5) is 35.9. The molecule has 0 unspecified atom stereocenters. The van der Waals surface area contributed by atoms with Crippen molar-refractivity contribution in [2.24, 2.45) is 10.8 Å². The Morgan fingerprint density at radius 2 is 1.24 bits per heavy atom. The average molecular weight is 862 g/mol. The largest absolute Gasteiger partial charge is 0.497 e. The number of ether oxygens (including phenoxy) is 1. The van der Waals surface area contributed by atoms with Crippen LogP contribution in [0.5, 0.6) is 5.75 Å². The van der Waals surface area contributed by atoms with E-state index in [1.54, 1.807) is 43.5 Å². The zero-order valence-electron chi connectivity index (χ0n) is 31.0. The van der Waals surface area contributed by atoms with Crippen LogP contribution in [-0.2, 0) is 13.1 Å². The lowest BCUT2D eigenvalue weighted by Crippen LogP contribution is -2.36. The zero-order valence-corrected chi connectivity index (χ0v) is 35.1. The van der Waals surface area contributed by atoms with E-state index in [0.717, 1.165) is 14.9 Å². The van der Waals surface area contributed by atoms with Gasteiger partial charge in [0.15, 0.2) is 0 Å². The van der Waals surface area contributed by atoms with Crippen LogP contribution in [-0.4, -0.2) is 62.4 Å². The van der Waals surface area contributed by atoms with Crippen molar-refractivity contribution in [3.8, 4) is 28.3 Å². The lowest BCUT2D eigenvalue weighted by atomic mass is 9.96. The predicted molar refractivity (Wildman–Crippen MR) is 216 cm³/mol. The monoisotopic (exact) mass is 860 g/mol. The van der Waals surface area contributed by atoms with Gasteiger partial charge < -0.3 is 24.7 Å². The molecule has 5 aromatic rings. The van der Waals surface area contributed by atoms with E-state index < -0.39 is 12.2 Å². The van der Waals surface area contributed by atoms with Crippen molar-refractivity contribution in [1.82, 2.24) is 19.8 Å². The van der Waals surface area contributed by atoms with Crippen LogP contribution in [0.15, 0.2) is 85.7 Å². The van der Waals surface area contributed by atoms with Crippen LogP contribution in [0.4, 0.5) is 18.4 Å². The summed E-state index contributed by atoms with van der Waals surface area (Å²) in [6.45, 7) is 13.0. The van der Waals surface area contributed by atoms with E-state index in [0.29, 0.717) is 49.4 Å². The molecule has 0 aliphatic rings. The third kappa shape index (κ3) is 12.5. The van der Waals surface area contributed by atoms with E-state index in [4.69, 9.17) is 4.74 Å². The topological polar surface area (TPSA) is 116 Å². The molecule has 15 heteroatoms. The summed E-state index contributed by atoms with van der Waals surface area (Å²) in [7, 11) is 1.61. The van der Waals surface area contributed by atoms with Gasteiger partial charge in [-0.3, -0.25) is 0 Å². The molecule has 2 amide bonds. The Hall–Kier alpha value is -4.05. The highest BCUT2D eigenvalue weighted by Gasteiger charge is 2.25. The number of amides is 2. The Morgan fingerprint density at radius 3 is 1.72 bits per heavy atom. The Morgan fingerprint density at radius 1 is 0.759 bits per heavy atom. The second-order valence-electron chi connectivity index (χ2n) is 14.6. The van der Waals surface area contributed by atoms with Gasteiger partial charge in [-0.2, -0.15) is 0 Å². The van der Waals surface area contributed by atoms with Crippen molar-refractivity contribution in [1.29, 1.82) is 0 Å². The maximum Gasteiger partial charge on any atom is 0.407 e. The Kier molecular flexibility index (Phi) is 14.6. The molecule has 2 aromatic heterocycles. The number of thiazole rings is 2. The second-order valence-corrected chi connectivity index (χ2v) is 19.4. The maximum absolute atomic E-state index is 14.6. The molecule has 0 fully saturated rings. The summed E-state index contributed by atoms with van der Waals surface area (Å²) >= 11 is 7.57. The van der Waals surface area contributed by atoms with E-state index in [9.17, 15) is 28.6 Å². The van der Waals surface area contributed by atoms with E-state index in [1.165, 1.54) is 56.4 Å². The fourth-order valence-corrected chi connectivity index (χ4v) is 9.20. The number of nitrogens with zero attached hydrogens (tertiary/aromatic N) is 4. The van der Waals surface area contributed by atoms with Gasteiger partial charge in [0.2, 0.25) is 0 Å². The fourth-order valence-electron chi connectivity index (χ4n) is 5.16. The molecule has 0 bridgehead atoms. The molecule has 0 radical (unpaired) electrons. The van der Waals surface area contributed by atoms with Gasteiger partial charge >= 0.3 is 12.2 Å². The van der Waals surface area contributed by atoms with Gasteiger partial charge in [-0.1, -0.05) is 83.6 Å². The van der Waals surface area contributed by atoms with Gasteiger partial charge in [0.1, 0.15) is 27.4 Å². The number of benzene rings is 3. The molecule has 9 nitrogen and oxygen atoms in total. The van der Waals surface area contributed by atoms with Crippen LogP contribution >= 0.6 is 50.4 Å². The lowest BCUT2D eigenvalue weighted by molar-refractivity contribution is 0.122. The number of methoxy groups -OCH3 is 1. The van der Waals surface area contributed by atoms with Gasteiger partial charge in [0, 0.05) is 29.1 Å². The molecule has 0 saturated heterocycles. The highest BCUT2D eigenvalue weighted by atomic mass is 79.9. The maximum atomic E-state index is 14.6. The Labute approximate surface area is 335 Å². The predicted octanol–water partition coefficient (Wildman–Crippen LogP) is 11.9. The number of hydrogen-bond acceptors (Lipinski definition) is 8. The van der Waals surface area contributed by atoms with Crippen molar-refractivity contribution < 1.29 is 33.3 Å². The van der Waals surface area contributed by atoms with Gasteiger partial charge in [0.25, 0.3) is 0 Å². The average Bonchev–Trinajstić information content (AvgIpc) is 3.65. The molecule has 3 aromatic carbocycles. The molecule has 0 spiro atoms. The van der Waals surface area contributed by atoms with Crippen LogP contribution in [0.25, 0.3) is 22.5 Å². The number of carboxylic acid groups (broad SMARTS) is 2. The number of carbonyl (C=O) groups is 2. The molecular weight excluding hydrogens is 819 g/mol.